The van der Waals surface area contributed by atoms with E-state index in [0.29, 0.717) is 0 Å². The molecular formula is C54H40. The van der Waals surface area contributed by atoms with Gasteiger partial charge in [0.05, 0.1) is 0 Å². The third kappa shape index (κ3) is 5.83. The van der Waals surface area contributed by atoms with Crippen molar-refractivity contribution in [2.45, 2.75) is 13.8 Å². The van der Waals surface area contributed by atoms with Gasteiger partial charge in [0, 0.05) is 0 Å². The summed E-state index contributed by atoms with van der Waals surface area (Å²) in [5.74, 6) is 0. The van der Waals surface area contributed by atoms with Crippen LogP contribution in [0.5, 0.6) is 0 Å². The van der Waals surface area contributed by atoms with Crippen LogP contribution in [0.15, 0.2) is 206 Å². The van der Waals surface area contributed by atoms with Crippen molar-refractivity contribution < 1.29 is 0 Å². The quantitative estimate of drug-likeness (QED) is 0.158. The lowest BCUT2D eigenvalue weighted by atomic mass is 9.84. The molecule has 0 radical (unpaired) electrons. The highest BCUT2D eigenvalue weighted by atomic mass is 14.2. The van der Waals surface area contributed by atoms with E-state index in [1.165, 1.54) is 98.7 Å². The lowest BCUT2D eigenvalue weighted by Crippen LogP contribution is -1.92. The van der Waals surface area contributed by atoms with Crippen molar-refractivity contribution >= 4 is 43.1 Å². The smallest absolute Gasteiger partial charge is 0.00261 e. The van der Waals surface area contributed by atoms with Gasteiger partial charge in [-0.2, -0.15) is 0 Å². The first kappa shape index (κ1) is 33.1. The molecule has 0 unspecified atom stereocenters. The Kier molecular flexibility index (Phi) is 8.79. The van der Waals surface area contributed by atoms with E-state index in [4.69, 9.17) is 0 Å². The van der Waals surface area contributed by atoms with Gasteiger partial charge in [-0.25, -0.2) is 0 Å². The predicted molar refractivity (Wildman–Crippen MR) is 235 cm³/mol. The van der Waals surface area contributed by atoms with Crippen molar-refractivity contribution in [1.82, 2.24) is 0 Å². The summed E-state index contributed by atoms with van der Waals surface area (Å²) < 4.78 is 0. The third-order valence-electron chi connectivity index (χ3n) is 10.6. The van der Waals surface area contributed by atoms with Gasteiger partial charge >= 0.3 is 0 Å². The largest absolute Gasteiger partial charge is 0.0683 e. The van der Waals surface area contributed by atoms with Gasteiger partial charge in [0.1, 0.15) is 0 Å². The molecule has 0 amide bonds. The average molecular weight is 689 g/mol. The van der Waals surface area contributed by atoms with Crippen LogP contribution in [-0.4, -0.2) is 0 Å². The lowest BCUT2D eigenvalue weighted by Gasteiger charge is -2.19. The van der Waals surface area contributed by atoms with Crippen molar-refractivity contribution in [1.29, 1.82) is 0 Å². The standard InChI is InChI=1S/C52H34.C2H6/c1-3-15-36(16-4-1)44-31-30-37-27-29-43(34-49(37)51(44)42-21-13-20-40(33-42)41-28-26-35-14-7-8-19-39(35)32-41)52-47-24-11-9-22-45(47)50(38-17-5-2-6-18-38)46-23-10-12-25-48(46)52;1-2/h1-34H;1-2H3. The Hall–Kier alpha value is -6.76. The van der Waals surface area contributed by atoms with E-state index < -0.39 is 0 Å². The van der Waals surface area contributed by atoms with Gasteiger partial charge in [-0.1, -0.05) is 202 Å². The number of rotatable bonds is 5. The molecule has 0 aliphatic heterocycles. The first-order valence-electron chi connectivity index (χ1n) is 19.0. The minimum Gasteiger partial charge on any atom is -0.0683 e. The molecule has 0 saturated carbocycles. The van der Waals surface area contributed by atoms with Gasteiger partial charge in [-0.3, -0.25) is 0 Å². The highest BCUT2D eigenvalue weighted by molar-refractivity contribution is 6.22. The Morgan fingerprint density at radius 2 is 0.667 bits per heavy atom. The van der Waals surface area contributed by atoms with E-state index in [2.05, 4.69) is 206 Å². The molecule has 0 N–H and O–H groups in total. The molecule has 10 aromatic rings. The van der Waals surface area contributed by atoms with E-state index in [9.17, 15) is 0 Å². The van der Waals surface area contributed by atoms with Crippen molar-refractivity contribution in [3.05, 3.63) is 206 Å². The van der Waals surface area contributed by atoms with Crippen molar-refractivity contribution in [3.8, 4) is 55.6 Å². The highest BCUT2D eigenvalue weighted by Gasteiger charge is 2.19. The van der Waals surface area contributed by atoms with Gasteiger partial charge in [0.15, 0.2) is 0 Å². The minimum atomic E-state index is 1.21. The Bertz CT molecular complexity index is 2880. The predicted octanol–water partition coefficient (Wildman–Crippen LogP) is 15.7. The van der Waals surface area contributed by atoms with Crippen molar-refractivity contribution in [3.63, 3.8) is 0 Å². The van der Waals surface area contributed by atoms with Crippen LogP contribution in [0.4, 0.5) is 0 Å². The number of hydrogen-bond acceptors (Lipinski definition) is 0. The SMILES string of the molecule is CC.c1ccc(-c2ccc3ccc(-c4c5ccccc5c(-c5ccccc5)c5ccccc45)cc3c2-c2cccc(-c3ccc4ccccc4c3)c2)cc1. The molecule has 0 spiro atoms. The fraction of sp³-hybridized carbons (Fsp3) is 0.0370. The minimum absolute atomic E-state index is 1.21. The van der Waals surface area contributed by atoms with Gasteiger partial charge in [0.2, 0.25) is 0 Å². The molecule has 0 atom stereocenters. The van der Waals surface area contributed by atoms with Crippen LogP contribution >= 0.6 is 0 Å². The molecule has 0 heterocycles. The van der Waals surface area contributed by atoms with Gasteiger partial charge in [-0.05, 0) is 117 Å². The Morgan fingerprint density at radius 3 is 1.33 bits per heavy atom. The van der Waals surface area contributed by atoms with E-state index in [0.717, 1.165) is 0 Å². The maximum absolute atomic E-state index is 2.44. The molecular weight excluding hydrogens is 649 g/mol. The molecule has 0 aliphatic rings. The summed E-state index contributed by atoms with van der Waals surface area (Å²) in [4.78, 5) is 0. The monoisotopic (exact) mass is 688 g/mol. The maximum atomic E-state index is 2.44. The average Bonchev–Trinajstić information content (AvgIpc) is 3.26. The summed E-state index contributed by atoms with van der Waals surface area (Å²) in [6.45, 7) is 4.00. The summed E-state index contributed by atoms with van der Waals surface area (Å²) in [6, 6.07) is 75.6. The van der Waals surface area contributed by atoms with Crippen LogP contribution in [0.1, 0.15) is 13.8 Å². The molecule has 0 saturated heterocycles. The van der Waals surface area contributed by atoms with Crippen LogP contribution in [0.2, 0.25) is 0 Å². The second-order valence-electron chi connectivity index (χ2n) is 13.6. The third-order valence-corrected chi connectivity index (χ3v) is 10.6. The number of fused-ring (bicyclic) bond motifs is 4. The van der Waals surface area contributed by atoms with Crippen LogP contribution in [-0.2, 0) is 0 Å². The summed E-state index contributed by atoms with van der Waals surface area (Å²) in [7, 11) is 0. The Morgan fingerprint density at radius 1 is 0.222 bits per heavy atom. The fourth-order valence-corrected chi connectivity index (χ4v) is 8.22. The first-order valence-corrected chi connectivity index (χ1v) is 19.0. The van der Waals surface area contributed by atoms with Crippen molar-refractivity contribution in [2.24, 2.45) is 0 Å². The lowest BCUT2D eigenvalue weighted by molar-refractivity contribution is 1.50. The molecule has 0 heteroatoms. The normalized spacial score (nSPS) is 11.1. The second kappa shape index (κ2) is 14.3. The van der Waals surface area contributed by atoms with E-state index in [-0.39, 0.29) is 0 Å². The van der Waals surface area contributed by atoms with Gasteiger partial charge in [0.25, 0.3) is 0 Å². The van der Waals surface area contributed by atoms with Crippen LogP contribution in [0, 0.1) is 0 Å². The Labute approximate surface area is 317 Å². The zero-order valence-electron chi connectivity index (χ0n) is 30.6. The van der Waals surface area contributed by atoms with Crippen molar-refractivity contribution in [2.75, 3.05) is 0 Å². The van der Waals surface area contributed by atoms with E-state index in [1.807, 2.05) is 13.8 Å². The van der Waals surface area contributed by atoms with E-state index in [1.54, 1.807) is 0 Å². The molecule has 10 aromatic carbocycles. The van der Waals surface area contributed by atoms with Gasteiger partial charge < -0.3 is 0 Å². The molecule has 0 aliphatic carbocycles. The molecule has 0 aromatic heterocycles. The molecule has 0 nitrogen and oxygen atoms in total. The molecule has 0 bridgehead atoms. The van der Waals surface area contributed by atoms with Crippen LogP contribution < -0.4 is 0 Å². The second-order valence-corrected chi connectivity index (χ2v) is 13.6. The molecule has 54 heavy (non-hydrogen) atoms. The Balaban J connectivity index is 0.00000189. The summed E-state index contributed by atoms with van der Waals surface area (Å²) >= 11 is 0. The highest BCUT2D eigenvalue weighted by Crippen LogP contribution is 2.46. The van der Waals surface area contributed by atoms with Crippen LogP contribution in [0.25, 0.3) is 98.7 Å². The summed E-state index contributed by atoms with van der Waals surface area (Å²) in [5.41, 5.74) is 12.4. The summed E-state index contributed by atoms with van der Waals surface area (Å²) in [5, 5.41) is 10.0. The molecule has 256 valence electrons. The number of hydrogen-bond donors (Lipinski definition) is 0. The van der Waals surface area contributed by atoms with E-state index >= 15 is 0 Å². The first-order chi connectivity index (χ1) is 26.8. The topological polar surface area (TPSA) is 0 Å². The summed E-state index contributed by atoms with van der Waals surface area (Å²) in [6.07, 6.45) is 0. The van der Waals surface area contributed by atoms with Gasteiger partial charge in [-0.15, -0.1) is 0 Å². The molecule has 0 fully saturated rings. The fourth-order valence-electron chi connectivity index (χ4n) is 8.22. The zero-order valence-corrected chi connectivity index (χ0v) is 30.6. The maximum Gasteiger partial charge on any atom is -0.00261 e. The molecule has 10 rings (SSSR count). The number of benzene rings is 10. The zero-order chi connectivity index (χ0) is 36.4. The van der Waals surface area contributed by atoms with Crippen LogP contribution in [0.3, 0.4) is 0 Å².